The number of hydrogen-bond acceptors (Lipinski definition) is 1. The van der Waals surface area contributed by atoms with E-state index in [9.17, 15) is 0 Å². The topological polar surface area (TPSA) is 9.23 Å². The van der Waals surface area contributed by atoms with Crippen LogP contribution in [0.15, 0.2) is 54.6 Å². The summed E-state index contributed by atoms with van der Waals surface area (Å²) in [7, 11) is 0. The lowest BCUT2D eigenvalue weighted by Gasteiger charge is -2.21. The van der Waals surface area contributed by atoms with Crippen molar-refractivity contribution in [1.82, 2.24) is 0 Å². The van der Waals surface area contributed by atoms with Gasteiger partial charge >= 0.3 is 0 Å². The molecule has 2 aromatic rings. The monoisotopic (exact) mass is 366 g/mol. The lowest BCUT2D eigenvalue weighted by atomic mass is 10.1. The highest BCUT2D eigenvalue weighted by Crippen LogP contribution is 2.28. The summed E-state index contributed by atoms with van der Waals surface area (Å²) in [5.41, 5.74) is 3.76. The molecule has 0 aliphatic rings. The summed E-state index contributed by atoms with van der Waals surface area (Å²) in [4.78, 5) is 0. The highest BCUT2D eigenvalue weighted by molar-refractivity contribution is 14.1. The molecule has 0 heterocycles. The van der Waals surface area contributed by atoms with E-state index < -0.39 is 0 Å². The van der Waals surface area contributed by atoms with Crippen LogP contribution in [0.2, 0.25) is 0 Å². The van der Waals surface area contributed by atoms with E-state index in [2.05, 4.69) is 85.0 Å². The van der Waals surface area contributed by atoms with Gasteiger partial charge in [-0.05, 0) is 25.0 Å². The first-order valence-corrected chi connectivity index (χ1v) is 8.06. The van der Waals surface area contributed by atoms with E-state index in [1.165, 1.54) is 16.7 Å². The molecule has 0 saturated heterocycles. The average Bonchev–Trinajstić information content (AvgIpc) is 2.46. The Bertz CT molecular complexity index is 492. The minimum absolute atomic E-state index is 0.113. The first-order chi connectivity index (χ1) is 9.20. The fourth-order valence-electron chi connectivity index (χ4n) is 2.03. The van der Waals surface area contributed by atoms with Crippen LogP contribution in [0.1, 0.15) is 35.8 Å². The molecule has 0 amide bonds. The first-order valence-electron chi connectivity index (χ1n) is 6.53. The minimum atomic E-state index is 0.113. The van der Waals surface area contributed by atoms with Crippen LogP contribution in [-0.2, 0) is 4.74 Å². The molecule has 0 N–H and O–H groups in total. The summed E-state index contributed by atoms with van der Waals surface area (Å²) >= 11 is 2.39. The Balaban J connectivity index is 2.09. The number of ether oxygens (including phenoxy) is 1. The summed E-state index contributed by atoms with van der Waals surface area (Å²) in [6.07, 6.45) is 0.263. The van der Waals surface area contributed by atoms with Crippen LogP contribution in [0.5, 0.6) is 0 Å². The van der Waals surface area contributed by atoms with E-state index in [4.69, 9.17) is 4.74 Å². The Hall–Kier alpha value is -0.870. The Morgan fingerprint density at radius 1 is 0.947 bits per heavy atom. The zero-order chi connectivity index (χ0) is 13.7. The third kappa shape index (κ3) is 4.05. The third-order valence-electron chi connectivity index (χ3n) is 3.23. The third-order valence-corrected chi connectivity index (χ3v) is 4.03. The van der Waals surface area contributed by atoms with Crippen LogP contribution in [0.25, 0.3) is 0 Å². The molecule has 2 aromatic carbocycles. The zero-order valence-corrected chi connectivity index (χ0v) is 13.5. The van der Waals surface area contributed by atoms with Crippen molar-refractivity contribution in [1.29, 1.82) is 0 Å². The van der Waals surface area contributed by atoms with Crippen LogP contribution in [-0.4, -0.2) is 4.43 Å². The maximum Gasteiger partial charge on any atom is 0.0922 e. The quantitative estimate of drug-likeness (QED) is 0.519. The summed E-state index contributed by atoms with van der Waals surface area (Å²) < 4.78 is 7.16. The van der Waals surface area contributed by atoms with Gasteiger partial charge in [0.25, 0.3) is 0 Å². The molecule has 0 bridgehead atoms. The lowest BCUT2D eigenvalue weighted by Crippen LogP contribution is -2.09. The first kappa shape index (κ1) is 14.5. The second-order valence-corrected chi connectivity index (χ2v) is 5.62. The van der Waals surface area contributed by atoms with Crippen molar-refractivity contribution in [2.75, 3.05) is 4.43 Å². The average molecular weight is 366 g/mol. The van der Waals surface area contributed by atoms with E-state index in [-0.39, 0.29) is 12.2 Å². The van der Waals surface area contributed by atoms with E-state index in [1.54, 1.807) is 0 Å². The molecule has 19 heavy (non-hydrogen) atoms. The molecule has 0 aliphatic heterocycles. The van der Waals surface area contributed by atoms with Crippen molar-refractivity contribution in [3.05, 3.63) is 71.3 Å². The molecule has 2 unspecified atom stereocenters. The van der Waals surface area contributed by atoms with Crippen molar-refractivity contribution in [3.63, 3.8) is 0 Å². The smallest absolute Gasteiger partial charge is 0.0922 e. The molecule has 0 aromatic heterocycles. The maximum absolute atomic E-state index is 6.20. The Kier molecular flexibility index (Phi) is 5.40. The largest absolute Gasteiger partial charge is 0.365 e. The van der Waals surface area contributed by atoms with Crippen molar-refractivity contribution < 1.29 is 4.74 Å². The highest BCUT2D eigenvalue weighted by Gasteiger charge is 2.15. The van der Waals surface area contributed by atoms with Gasteiger partial charge in [0.1, 0.15) is 0 Å². The molecule has 100 valence electrons. The van der Waals surface area contributed by atoms with Crippen LogP contribution in [0.3, 0.4) is 0 Å². The number of alkyl halides is 1. The van der Waals surface area contributed by atoms with Crippen molar-refractivity contribution in [2.45, 2.75) is 26.1 Å². The number of benzene rings is 2. The normalized spacial score (nSPS) is 14.1. The lowest BCUT2D eigenvalue weighted by molar-refractivity contribution is 0.0103. The molecular weight excluding hydrogens is 347 g/mol. The van der Waals surface area contributed by atoms with E-state index >= 15 is 0 Å². The molecule has 2 atom stereocenters. The van der Waals surface area contributed by atoms with Crippen LogP contribution < -0.4 is 0 Å². The fraction of sp³-hybridized carbons (Fsp3) is 0.294. The highest BCUT2D eigenvalue weighted by atomic mass is 127. The Morgan fingerprint density at radius 3 is 2.16 bits per heavy atom. The Morgan fingerprint density at radius 2 is 1.58 bits per heavy atom. The van der Waals surface area contributed by atoms with E-state index in [0.717, 1.165) is 4.43 Å². The Labute approximate surface area is 129 Å². The molecule has 0 radical (unpaired) electrons. The summed E-state index contributed by atoms with van der Waals surface area (Å²) in [6, 6.07) is 19.0. The van der Waals surface area contributed by atoms with Gasteiger partial charge in [-0.15, -0.1) is 0 Å². The van der Waals surface area contributed by atoms with Gasteiger partial charge in [0.05, 0.1) is 12.2 Å². The second-order valence-electron chi connectivity index (χ2n) is 4.74. The second kappa shape index (κ2) is 7.06. The van der Waals surface area contributed by atoms with E-state index in [1.807, 2.05) is 6.07 Å². The molecule has 0 saturated carbocycles. The van der Waals surface area contributed by atoms with Crippen LogP contribution in [0, 0.1) is 6.92 Å². The van der Waals surface area contributed by atoms with Crippen LogP contribution in [0.4, 0.5) is 0 Å². The predicted molar refractivity (Wildman–Crippen MR) is 88.7 cm³/mol. The van der Waals surface area contributed by atoms with Gasteiger partial charge in [-0.3, -0.25) is 0 Å². The van der Waals surface area contributed by atoms with Gasteiger partial charge in [-0.2, -0.15) is 0 Å². The molecular formula is C17H19IO. The van der Waals surface area contributed by atoms with Gasteiger partial charge in [0.2, 0.25) is 0 Å². The van der Waals surface area contributed by atoms with Crippen LogP contribution >= 0.6 is 22.6 Å². The van der Waals surface area contributed by atoms with Gasteiger partial charge < -0.3 is 4.74 Å². The van der Waals surface area contributed by atoms with Crippen molar-refractivity contribution in [2.24, 2.45) is 0 Å². The minimum Gasteiger partial charge on any atom is -0.365 e. The number of rotatable bonds is 5. The van der Waals surface area contributed by atoms with Gasteiger partial charge in [0, 0.05) is 4.43 Å². The van der Waals surface area contributed by atoms with Gasteiger partial charge in [-0.1, -0.05) is 82.8 Å². The standard InChI is InChI=1S/C17H19IO/c1-13-8-10-16(11-9-13)17(12-18)19-14(2)15-6-4-3-5-7-15/h3-11,14,17H,12H2,1-2H3. The fourth-order valence-corrected chi connectivity index (χ4v) is 2.75. The number of hydrogen-bond donors (Lipinski definition) is 0. The number of halogens is 1. The molecule has 0 aliphatic carbocycles. The molecule has 1 nitrogen and oxygen atoms in total. The van der Waals surface area contributed by atoms with E-state index in [0.29, 0.717) is 0 Å². The van der Waals surface area contributed by atoms with Gasteiger partial charge in [-0.25, -0.2) is 0 Å². The molecule has 0 fully saturated rings. The summed E-state index contributed by atoms with van der Waals surface area (Å²) in [6.45, 7) is 4.22. The molecule has 2 heteroatoms. The SMILES string of the molecule is Cc1ccc(C(CI)OC(C)c2ccccc2)cc1. The zero-order valence-electron chi connectivity index (χ0n) is 11.3. The van der Waals surface area contributed by atoms with Crippen molar-refractivity contribution in [3.8, 4) is 0 Å². The maximum atomic E-state index is 6.20. The molecule has 2 rings (SSSR count). The van der Waals surface area contributed by atoms with Crippen molar-refractivity contribution >= 4 is 22.6 Å². The number of aryl methyl sites for hydroxylation is 1. The predicted octanol–water partition coefficient (Wildman–Crippen LogP) is 5.25. The summed E-state index contributed by atoms with van der Waals surface area (Å²) in [5.74, 6) is 0. The van der Waals surface area contributed by atoms with Gasteiger partial charge in [0.15, 0.2) is 0 Å². The summed E-state index contributed by atoms with van der Waals surface area (Å²) in [5, 5.41) is 0. The molecule has 0 spiro atoms.